The Labute approximate surface area is 162 Å². The lowest BCUT2D eigenvalue weighted by Crippen LogP contribution is -2.56. The first kappa shape index (κ1) is 18.1. The van der Waals surface area contributed by atoms with Gasteiger partial charge in [-0.2, -0.15) is 0 Å². The van der Waals surface area contributed by atoms with E-state index in [9.17, 15) is 9.59 Å². The molecule has 0 aromatic heterocycles. The van der Waals surface area contributed by atoms with Crippen molar-refractivity contribution < 1.29 is 19.1 Å². The Kier molecular flexibility index (Phi) is 4.18. The second kappa shape index (κ2) is 6.25. The fourth-order valence-electron chi connectivity index (χ4n) is 7.77. The maximum atomic E-state index is 13.6. The van der Waals surface area contributed by atoms with E-state index in [0.717, 1.165) is 25.7 Å². The summed E-state index contributed by atoms with van der Waals surface area (Å²) in [5, 5.41) is 0. The van der Waals surface area contributed by atoms with Crippen LogP contribution in [0.1, 0.15) is 58.8 Å². The van der Waals surface area contributed by atoms with Gasteiger partial charge in [-0.15, -0.1) is 0 Å². The van der Waals surface area contributed by atoms with E-state index in [1.807, 2.05) is 6.08 Å². The van der Waals surface area contributed by atoms with Gasteiger partial charge in [-0.25, -0.2) is 0 Å². The summed E-state index contributed by atoms with van der Waals surface area (Å²) in [6.07, 6.45) is 8.61. The third-order valence-electron chi connectivity index (χ3n) is 9.01. The molecule has 7 atom stereocenters. The quantitative estimate of drug-likeness (QED) is 0.704. The Hall–Kier alpha value is -1.00. The summed E-state index contributed by atoms with van der Waals surface area (Å²) in [5.41, 5.74) is 1.22. The van der Waals surface area contributed by atoms with Crippen molar-refractivity contribution in [2.45, 2.75) is 64.9 Å². The van der Waals surface area contributed by atoms with Crippen LogP contribution in [0.5, 0.6) is 0 Å². The monoisotopic (exact) mass is 372 g/mol. The minimum atomic E-state index is -0.0855. The van der Waals surface area contributed by atoms with Crippen LogP contribution in [-0.2, 0) is 19.1 Å². The number of hydrogen-bond donors (Lipinski definition) is 0. The molecular formula is C23H32O4. The molecule has 3 saturated carbocycles. The molecule has 27 heavy (non-hydrogen) atoms. The Morgan fingerprint density at radius 3 is 2.63 bits per heavy atom. The van der Waals surface area contributed by atoms with Crippen LogP contribution in [0.25, 0.3) is 0 Å². The zero-order valence-corrected chi connectivity index (χ0v) is 16.7. The molecular weight excluding hydrogens is 340 g/mol. The van der Waals surface area contributed by atoms with Crippen molar-refractivity contribution in [3.05, 3.63) is 11.6 Å². The third kappa shape index (κ3) is 2.55. The second-order valence-electron chi connectivity index (χ2n) is 10.2. The van der Waals surface area contributed by atoms with Gasteiger partial charge in [-0.05, 0) is 66.8 Å². The lowest BCUT2D eigenvalue weighted by Gasteiger charge is -2.57. The maximum Gasteiger partial charge on any atom is 0.155 e. The molecule has 1 aliphatic heterocycles. The summed E-state index contributed by atoms with van der Waals surface area (Å²) < 4.78 is 11.8. The van der Waals surface area contributed by atoms with Gasteiger partial charge in [0, 0.05) is 18.8 Å². The highest BCUT2D eigenvalue weighted by Gasteiger charge is 2.63. The van der Waals surface area contributed by atoms with Crippen molar-refractivity contribution >= 4 is 11.6 Å². The topological polar surface area (TPSA) is 52.6 Å². The van der Waals surface area contributed by atoms with E-state index in [4.69, 9.17) is 9.47 Å². The van der Waals surface area contributed by atoms with E-state index in [0.29, 0.717) is 56.2 Å². The van der Waals surface area contributed by atoms with Crippen molar-refractivity contribution in [2.24, 2.45) is 34.5 Å². The highest BCUT2D eigenvalue weighted by atomic mass is 16.6. The molecule has 4 aliphatic carbocycles. The molecule has 148 valence electrons. The molecule has 0 aromatic carbocycles. The van der Waals surface area contributed by atoms with Crippen LogP contribution in [0.4, 0.5) is 0 Å². The van der Waals surface area contributed by atoms with Gasteiger partial charge in [0.25, 0.3) is 0 Å². The molecule has 4 fully saturated rings. The first-order valence-electron chi connectivity index (χ1n) is 10.9. The Bertz CT molecular complexity index is 690. The average Bonchev–Trinajstić information content (AvgIpc) is 2.99. The normalized spacial score (nSPS) is 49.9. The van der Waals surface area contributed by atoms with Crippen molar-refractivity contribution in [1.82, 2.24) is 0 Å². The second-order valence-corrected chi connectivity index (χ2v) is 10.2. The minimum Gasteiger partial charge on any atom is -0.376 e. The summed E-state index contributed by atoms with van der Waals surface area (Å²) >= 11 is 0. The van der Waals surface area contributed by atoms with E-state index in [-0.39, 0.29) is 28.6 Å². The summed E-state index contributed by atoms with van der Waals surface area (Å²) in [4.78, 5) is 25.5. The van der Waals surface area contributed by atoms with Gasteiger partial charge in [-0.1, -0.05) is 19.4 Å². The first-order valence-corrected chi connectivity index (χ1v) is 10.9. The fraction of sp³-hybridized carbons (Fsp3) is 0.826. The van der Waals surface area contributed by atoms with Crippen LogP contribution in [0.3, 0.4) is 0 Å². The Morgan fingerprint density at radius 2 is 1.85 bits per heavy atom. The van der Waals surface area contributed by atoms with Crippen LogP contribution in [0, 0.1) is 34.5 Å². The fourth-order valence-corrected chi connectivity index (χ4v) is 7.77. The average molecular weight is 373 g/mol. The number of allylic oxidation sites excluding steroid dienone is 1. The number of rotatable bonds is 1. The minimum absolute atomic E-state index is 0.0473. The van der Waals surface area contributed by atoms with Crippen molar-refractivity contribution in [3.8, 4) is 0 Å². The van der Waals surface area contributed by atoms with Crippen LogP contribution in [-0.4, -0.2) is 37.5 Å². The number of carbonyl (C=O) groups is 2. The van der Waals surface area contributed by atoms with Gasteiger partial charge in [0.2, 0.25) is 0 Å². The van der Waals surface area contributed by atoms with Crippen LogP contribution in [0.2, 0.25) is 0 Å². The molecule has 4 nitrogen and oxygen atoms in total. The summed E-state index contributed by atoms with van der Waals surface area (Å²) in [7, 11) is 0. The van der Waals surface area contributed by atoms with E-state index < -0.39 is 0 Å². The number of ether oxygens (including phenoxy) is 2. The largest absolute Gasteiger partial charge is 0.376 e. The van der Waals surface area contributed by atoms with Gasteiger partial charge >= 0.3 is 0 Å². The summed E-state index contributed by atoms with van der Waals surface area (Å²) in [6.45, 7) is 6.69. The standard InChI is InChI=1S/C23H32O4/c1-22-8-7-15(24)11-14(22)3-4-16-17-5-6-18(20-13-26-9-10-27-20)23(17,2)12-19(25)21(16)22/h11,16-18,20-21H,3-10,12-13H2,1-2H3/t16-,17-,18+,20?,21+,22-,23-/m0/s1. The van der Waals surface area contributed by atoms with Gasteiger partial charge in [0.1, 0.15) is 5.78 Å². The van der Waals surface area contributed by atoms with E-state index in [1.54, 1.807) is 0 Å². The smallest absolute Gasteiger partial charge is 0.155 e. The molecule has 1 saturated heterocycles. The predicted octanol–water partition coefficient (Wildman–Crippen LogP) is 3.73. The van der Waals surface area contributed by atoms with Gasteiger partial charge < -0.3 is 9.47 Å². The molecule has 0 amide bonds. The lowest BCUT2D eigenvalue weighted by molar-refractivity contribution is -0.159. The molecule has 0 bridgehead atoms. The molecule has 0 radical (unpaired) electrons. The third-order valence-corrected chi connectivity index (χ3v) is 9.01. The highest BCUT2D eigenvalue weighted by Crippen LogP contribution is 2.66. The molecule has 5 rings (SSSR count). The molecule has 1 heterocycles. The zero-order valence-electron chi connectivity index (χ0n) is 16.7. The molecule has 0 spiro atoms. The van der Waals surface area contributed by atoms with Crippen molar-refractivity contribution in [1.29, 1.82) is 0 Å². The van der Waals surface area contributed by atoms with Crippen LogP contribution < -0.4 is 0 Å². The molecule has 0 aromatic rings. The Balaban J connectivity index is 1.47. The number of carbonyl (C=O) groups excluding carboxylic acids is 2. The Morgan fingerprint density at radius 1 is 1.04 bits per heavy atom. The van der Waals surface area contributed by atoms with Crippen molar-refractivity contribution in [3.63, 3.8) is 0 Å². The van der Waals surface area contributed by atoms with E-state index >= 15 is 0 Å². The SMILES string of the molecule is C[C@]12CC(=O)[C@H]3[C@@H](CCC4=CC(=O)CC[C@@]43C)[C@@H]1CC[C@@H]2C1COCCO1. The van der Waals surface area contributed by atoms with Crippen LogP contribution in [0.15, 0.2) is 11.6 Å². The predicted molar refractivity (Wildman–Crippen MR) is 101 cm³/mol. The molecule has 0 N–H and O–H groups in total. The number of Topliss-reactive ketones (excluding diaryl/α,β-unsaturated/α-hetero) is 1. The molecule has 4 heteroatoms. The van der Waals surface area contributed by atoms with Crippen molar-refractivity contribution in [2.75, 3.05) is 19.8 Å². The number of hydrogen-bond acceptors (Lipinski definition) is 4. The van der Waals surface area contributed by atoms with Crippen LogP contribution >= 0.6 is 0 Å². The zero-order chi connectivity index (χ0) is 18.8. The summed E-state index contributed by atoms with van der Waals surface area (Å²) in [5.74, 6) is 2.33. The van der Waals surface area contributed by atoms with E-state index in [1.165, 1.54) is 12.0 Å². The highest BCUT2D eigenvalue weighted by molar-refractivity contribution is 5.93. The van der Waals surface area contributed by atoms with Gasteiger partial charge in [-0.3, -0.25) is 9.59 Å². The summed E-state index contributed by atoms with van der Waals surface area (Å²) in [6, 6.07) is 0. The van der Waals surface area contributed by atoms with E-state index in [2.05, 4.69) is 13.8 Å². The number of ketones is 2. The molecule has 5 aliphatic rings. The van der Waals surface area contributed by atoms with Gasteiger partial charge in [0.15, 0.2) is 5.78 Å². The maximum absolute atomic E-state index is 13.6. The number of fused-ring (bicyclic) bond motifs is 5. The lowest BCUT2D eigenvalue weighted by atomic mass is 9.46. The van der Waals surface area contributed by atoms with Gasteiger partial charge in [0.05, 0.1) is 25.9 Å². The molecule has 1 unspecified atom stereocenters. The first-order chi connectivity index (χ1) is 12.9.